The first-order valence-electron chi connectivity index (χ1n) is 9.51. The molecule has 9 heteroatoms. The molecular weight excluding hydrogens is 456 g/mol. The van der Waals surface area contributed by atoms with Crippen molar-refractivity contribution in [1.29, 1.82) is 0 Å². The second kappa shape index (κ2) is 9.82. The fraction of sp³-hybridized carbons (Fsp3) is 0.227. The molecule has 3 aromatic rings. The van der Waals surface area contributed by atoms with Gasteiger partial charge in [0.1, 0.15) is 10.6 Å². The number of thiophene rings is 1. The topological polar surface area (TPSA) is 84.5 Å². The monoisotopic (exact) mass is 478 g/mol. The van der Waals surface area contributed by atoms with Gasteiger partial charge in [-0.15, -0.1) is 11.3 Å². The van der Waals surface area contributed by atoms with E-state index < -0.39 is 22.0 Å². The standard InChI is InChI=1S/C22H23ClN2O4S2/c1-14(2)25-31(27,28)20-13-16(8-11-18(20)29-3)22(26)24-21(19-5-4-12-30-19)15-6-9-17(23)10-7-15/h4-14,21,25H,1-3H3,(H,24,26). The van der Waals surface area contributed by atoms with E-state index in [0.29, 0.717) is 5.02 Å². The molecule has 1 unspecified atom stereocenters. The van der Waals surface area contributed by atoms with Gasteiger partial charge >= 0.3 is 0 Å². The Hall–Kier alpha value is -2.39. The largest absolute Gasteiger partial charge is 0.495 e. The third kappa shape index (κ3) is 5.65. The number of sulfonamides is 1. The van der Waals surface area contributed by atoms with Crippen molar-refractivity contribution in [2.75, 3.05) is 7.11 Å². The molecule has 1 aromatic heterocycles. The van der Waals surface area contributed by atoms with Gasteiger partial charge in [-0.25, -0.2) is 13.1 Å². The molecule has 0 fully saturated rings. The van der Waals surface area contributed by atoms with Crippen LogP contribution in [0.25, 0.3) is 0 Å². The van der Waals surface area contributed by atoms with E-state index in [9.17, 15) is 13.2 Å². The number of methoxy groups -OCH3 is 1. The maximum Gasteiger partial charge on any atom is 0.252 e. The number of hydrogen-bond donors (Lipinski definition) is 2. The molecule has 0 aliphatic carbocycles. The molecule has 2 aromatic carbocycles. The number of amides is 1. The van der Waals surface area contributed by atoms with Crippen LogP contribution in [0.3, 0.4) is 0 Å². The van der Waals surface area contributed by atoms with Crippen LogP contribution < -0.4 is 14.8 Å². The van der Waals surface area contributed by atoms with E-state index in [0.717, 1.165) is 10.4 Å². The predicted molar refractivity (Wildman–Crippen MR) is 124 cm³/mol. The zero-order chi connectivity index (χ0) is 22.6. The summed E-state index contributed by atoms with van der Waals surface area (Å²) in [4.78, 5) is 14.0. The number of ether oxygens (including phenoxy) is 1. The Bertz CT molecular complexity index is 1140. The summed E-state index contributed by atoms with van der Waals surface area (Å²) in [6, 6.07) is 14.7. The van der Waals surface area contributed by atoms with Gasteiger partial charge in [-0.3, -0.25) is 4.79 Å². The molecule has 164 valence electrons. The fourth-order valence-electron chi connectivity index (χ4n) is 3.05. The number of rotatable bonds is 8. The Kier molecular flexibility index (Phi) is 7.38. The number of carbonyl (C=O) groups is 1. The third-order valence-corrected chi connectivity index (χ3v) is 7.28. The maximum absolute atomic E-state index is 13.1. The molecule has 0 saturated carbocycles. The van der Waals surface area contributed by atoms with Gasteiger partial charge < -0.3 is 10.1 Å². The maximum atomic E-state index is 13.1. The van der Waals surface area contributed by atoms with Crippen molar-refractivity contribution in [2.45, 2.75) is 30.8 Å². The predicted octanol–water partition coefficient (Wildman–Crippen LogP) is 4.62. The van der Waals surface area contributed by atoms with E-state index in [-0.39, 0.29) is 22.3 Å². The van der Waals surface area contributed by atoms with Crippen LogP contribution in [0.1, 0.15) is 40.7 Å². The summed E-state index contributed by atoms with van der Waals surface area (Å²) in [6.07, 6.45) is 0. The van der Waals surface area contributed by atoms with Crippen LogP contribution in [0, 0.1) is 0 Å². The Balaban J connectivity index is 1.96. The van der Waals surface area contributed by atoms with Crippen molar-refractivity contribution >= 4 is 38.9 Å². The molecule has 31 heavy (non-hydrogen) atoms. The van der Waals surface area contributed by atoms with Crippen molar-refractivity contribution in [3.05, 3.63) is 81.0 Å². The molecular formula is C22H23ClN2O4S2. The number of hydrogen-bond acceptors (Lipinski definition) is 5. The third-order valence-electron chi connectivity index (χ3n) is 4.41. The van der Waals surface area contributed by atoms with E-state index in [1.54, 1.807) is 26.0 Å². The van der Waals surface area contributed by atoms with Gasteiger partial charge in [-0.05, 0) is 61.2 Å². The summed E-state index contributed by atoms with van der Waals surface area (Å²) in [6.45, 7) is 3.44. The van der Waals surface area contributed by atoms with Crippen molar-refractivity contribution in [1.82, 2.24) is 10.0 Å². The normalized spacial score (nSPS) is 12.5. The van der Waals surface area contributed by atoms with Crippen molar-refractivity contribution in [3.8, 4) is 5.75 Å². The lowest BCUT2D eigenvalue weighted by Gasteiger charge is -2.19. The highest BCUT2D eigenvalue weighted by Crippen LogP contribution is 2.29. The Morgan fingerprint density at radius 3 is 2.39 bits per heavy atom. The van der Waals surface area contributed by atoms with Crippen LogP contribution in [-0.4, -0.2) is 27.5 Å². The molecule has 0 radical (unpaired) electrons. The van der Waals surface area contributed by atoms with Crippen LogP contribution in [0.5, 0.6) is 5.75 Å². The van der Waals surface area contributed by atoms with Crippen LogP contribution in [0.15, 0.2) is 64.9 Å². The second-order valence-electron chi connectivity index (χ2n) is 7.12. The molecule has 1 atom stereocenters. The molecule has 0 bridgehead atoms. The quantitative estimate of drug-likeness (QED) is 0.495. The molecule has 0 aliphatic rings. The van der Waals surface area contributed by atoms with Gasteiger partial charge in [-0.1, -0.05) is 29.8 Å². The van der Waals surface area contributed by atoms with Crippen LogP contribution in [-0.2, 0) is 10.0 Å². The summed E-state index contributed by atoms with van der Waals surface area (Å²) in [5, 5.41) is 5.53. The second-order valence-corrected chi connectivity index (χ2v) is 10.2. The summed E-state index contributed by atoms with van der Waals surface area (Å²) < 4.78 is 33.2. The van der Waals surface area contributed by atoms with Gasteiger partial charge in [0.15, 0.2) is 0 Å². The smallest absolute Gasteiger partial charge is 0.252 e. The van der Waals surface area contributed by atoms with Gasteiger partial charge in [0.05, 0.1) is 13.2 Å². The zero-order valence-electron chi connectivity index (χ0n) is 17.3. The van der Waals surface area contributed by atoms with Crippen molar-refractivity contribution < 1.29 is 17.9 Å². The minimum atomic E-state index is -3.85. The summed E-state index contributed by atoms with van der Waals surface area (Å²) in [5.74, 6) is -0.241. The lowest BCUT2D eigenvalue weighted by molar-refractivity contribution is 0.0943. The van der Waals surface area contributed by atoms with E-state index in [1.807, 2.05) is 29.6 Å². The summed E-state index contributed by atoms with van der Waals surface area (Å²) in [7, 11) is -2.47. The summed E-state index contributed by atoms with van der Waals surface area (Å²) in [5.41, 5.74) is 1.07. The Labute approximate surface area is 191 Å². The van der Waals surface area contributed by atoms with Gasteiger partial charge in [-0.2, -0.15) is 0 Å². The van der Waals surface area contributed by atoms with E-state index in [1.165, 1.54) is 36.6 Å². The molecule has 1 heterocycles. The first-order chi connectivity index (χ1) is 14.7. The highest BCUT2D eigenvalue weighted by molar-refractivity contribution is 7.89. The van der Waals surface area contributed by atoms with E-state index in [2.05, 4.69) is 10.0 Å². The molecule has 3 rings (SSSR count). The van der Waals surface area contributed by atoms with Gasteiger partial charge in [0.25, 0.3) is 5.91 Å². The van der Waals surface area contributed by atoms with Crippen LogP contribution in [0.2, 0.25) is 5.02 Å². The Morgan fingerprint density at radius 1 is 1.10 bits per heavy atom. The van der Waals surface area contributed by atoms with Crippen molar-refractivity contribution in [3.63, 3.8) is 0 Å². The highest BCUT2D eigenvalue weighted by atomic mass is 35.5. The van der Waals surface area contributed by atoms with Gasteiger partial charge in [0.2, 0.25) is 10.0 Å². The lowest BCUT2D eigenvalue weighted by Crippen LogP contribution is -2.31. The molecule has 1 amide bonds. The van der Waals surface area contributed by atoms with Crippen LogP contribution >= 0.6 is 22.9 Å². The average Bonchev–Trinajstić information content (AvgIpc) is 3.25. The molecule has 0 spiro atoms. The Morgan fingerprint density at radius 2 is 1.81 bits per heavy atom. The van der Waals surface area contributed by atoms with Gasteiger partial charge in [0, 0.05) is 21.5 Å². The zero-order valence-corrected chi connectivity index (χ0v) is 19.6. The number of carbonyl (C=O) groups excluding carboxylic acids is 1. The fourth-order valence-corrected chi connectivity index (χ4v) is 5.42. The van der Waals surface area contributed by atoms with Crippen LogP contribution in [0.4, 0.5) is 0 Å². The number of benzene rings is 2. The first-order valence-corrected chi connectivity index (χ1v) is 12.3. The number of halogens is 1. The minimum absolute atomic E-state index is 0.0875. The minimum Gasteiger partial charge on any atom is -0.495 e. The lowest BCUT2D eigenvalue weighted by atomic mass is 10.0. The SMILES string of the molecule is COc1ccc(C(=O)NC(c2ccc(Cl)cc2)c2cccs2)cc1S(=O)(=O)NC(C)C. The average molecular weight is 479 g/mol. The van der Waals surface area contributed by atoms with E-state index in [4.69, 9.17) is 16.3 Å². The molecule has 6 nitrogen and oxygen atoms in total. The first kappa shape index (κ1) is 23.3. The van der Waals surface area contributed by atoms with Crippen molar-refractivity contribution in [2.24, 2.45) is 0 Å². The molecule has 2 N–H and O–H groups in total. The number of nitrogens with one attached hydrogen (secondary N) is 2. The highest BCUT2D eigenvalue weighted by Gasteiger charge is 2.24. The molecule has 0 aliphatic heterocycles. The summed E-state index contributed by atoms with van der Waals surface area (Å²) >= 11 is 7.52. The van der Waals surface area contributed by atoms with E-state index >= 15 is 0 Å². The molecule has 0 saturated heterocycles.